The summed E-state index contributed by atoms with van der Waals surface area (Å²) in [5.41, 5.74) is 0. The van der Waals surface area contributed by atoms with E-state index in [1.165, 1.54) is 25.7 Å². The Morgan fingerprint density at radius 1 is 1.29 bits per heavy atom. The van der Waals surface area contributed by atoms with Crippen molar-refractivity contribution in [1.82, 2.24) is 9.62 Å². The summed E-state index contributed by atoms with van der Waals surface area (Å²) in [7, 11) is -1.40. The molecule has 1 saturated carbocycles. The van der Waals surface area contributed by atoms with Crippen LogP contribution in [0.15, 0.2) is 32.0 Å². The second kappa shape index (κ2) is 7.55. The van der Waals surface area contributed by atoms with Gasteiger partial charge in [0.05, 0.1) is 4.90 Å². The minimum Gasteiger partial charge on any atom is -0.302 e. The summed E-state index contributed by atoms with van der Waals surface area (Å²) < 4.78 is 28.7. The number of nitrogens with zero attached hydrogens (tertiary/aromatic N) is 1. The molecule has 7 heteroatoms. The first-order valence-corrected chi connectivity index (χ1v) is 10.1. The van der Waals surface area contributed by atoms with Gasteiger partial charge in [0, 0.05) is 28.1 Å². The molecule has 0 atom stereocenters. The van der Waals surface area contributed by atoms with Crippen LogP contribution in [0.25, 0.3) is 0 Å². The van der Waals surface area contributed by atoms with Crippen LogP contribution < -0.4 is 4.72 Å². The van der Waals surface area contributed by atoms with E-state index in [1.54, 1.807) is 18.2 Å². The van der Waals surface area contributed by atoms with E-state index in [4.69, 9.17) is 0 Å². The highest BCUT2D eigenvalue weighted by molar-refractivity contribution is 9.11. The number of rotatable bonds is 6. The highest BCUT2D eigenvalue weighted by Gasteiger charge is 2.21. The second-order valence-electron chi connectivity index (χ2n) is 5.39. The summed E-state index contributed by atoms with van der Waals surface area (Å²) in [5.74, 6) is 0. The molecule has 1 aromatic carbocycles. The van der Waals surface area contributed by atoms with Crippen molar-refractivity contribution in [3.8, 4) is 0 Å². The molecule has 0 bridgehead atoms. The van der Waals surface area contributed by atoms with Crippen molar-refractivity contribution in [2.45, 2.75) is 36.6 Å². The fourth-order valence-corrected chi connectivity index (χ4v) is 5.42. The zero-order valence-corrected chi connectivity index (χ0v) is 16.0. The Morgan fingerprint density at radius 2 is 1.95 bits per heavy atom. The Labute approximate surface area is 143 Å². The number of likely N-dealkylation sites (N-methyl/N-ethyl adjacent to an activating group) is 1. The Balaban J connectivity index is 1.92. The molecule has 0 amide bonds. The predicted molar refractivity (Wildman–Crippen MR) is 91.9 cm³/mol. The van der Waals surface area contributed by atoms with Crippen LogP contribution in [0.1, 0.15) is 25.7 Å². The molecule has 1 aliphatic carbocycles. The average molecular weight is 440 g/mol. The third-order valence-electron chi connectivity index (χ3n) is 3.89. The third-order valence-corrected chi connectivity index (χ3v) is 6.82. The first-order chi connectivity index (χ1) is 9.90. The number of benzene rings is 1. The van der Waals surface area contributed by atoms with Crippen LogP contribution >= 0.6 is 31.9 Å². The average Bonchev–Trinajstić information content (AvgIpc) is 2.91. The molecular weight excluding hydrogens is 420 g/mol. The standard InChI is InChI=1S/C14H20Br2N2O2S/c1-18(12-4-2-3-5-12)9-8-17-21(19,20)14-7-6-11(15)10-13(14)16/h6-7,10,12,17H,2-5,8-9H2,1H3. The van der Waals surface area contributed by atoms with E-state index in [-0.39, 0.29) is 4.90 Å². The number of hydrogen-bond acceptors (Lipinski definition) is 3. The zero-order chi connectivity index (χ0) is 15.5. The largest absolute Gasteiger partial charge is 0.302 e. The highest BCUT2D eigenvalue weighted by atomic mass is 79.9. The Bertz CT molecular complexity index is 587. The molecule has 1 fully saturated rings. The summed E-state index contributed by atoms with van der Waals surface area (Å²) in [6.07, 6.45) is 5.02. The molecule has 0 heterocycles. The van der Waals surface area contributed by atoms with E-state index >= 15 is 0 Å². The third kappa shape index (κ3) is 4.76. The normalized spacial score (nSPS) is 16.8. The molecule has 1 aromatic rings. The van der Waals surface area contributed by atoms with Gasteiger partial charge in [0.2, 0.25) is 10.0 Å². The van der Waals surface area contributed by atoms with Crippen LogP contribution in [0, 0.1) is 0 Å². The highest BCUT2D eigenvalue weighted by Crippen LogP contribution is 2.25. The lowest BCUT2D eigenvalue weighted by Gasteiger charge is -2.23. The molecule has 4 nitrogen and oxygen atoms in total. The molecule has 0 saturated heterocycles. The van der Waals surface area contributed by atoms with Crippen LogP contribution in [0.5, 0.6) is 0 Å². The van der Waals surface area contributed by atoms with Crippen molar-refractivity contribution in [2.75, 3.05) is 20.1 Å². The number of sulfonamides is 1. The van der Waals surface area contributed by atoms with Gasteiger partial charge in [-0.1, -0.05) is 28.8 Å². The van der Waals surface area contributed by atoms with Crippen LogP contribution in [-0.2, 0) is 10.0 Å². The van der Waals surface area contributed by atoms with E-state index in [9.17, 15) is 8.42 Å². The molecule has 0 unspecified atom stereocenters. The molecule has 21 heavy (non-hydrogen) atoms. The van der Waals surface area contributed by atoms with Gasteiger partial charge in [-0.2, -0.15) is 0 Å². The first kappa shape index (κ1) is 17.4. The fraction of sp³-hybridized carbons (Fsp3) is 0.571. The molecule has 2 rings (SSSR count). The van der Waals surface area contributed by atoms with Gasteiger partial charge < -0.3 is 4.90 Å². The van der Waals surface area contributed by atoms with Gasteiger partial charge in [0.15, 0.2) is 0 Å². The summed E-state index contributed by atoms with van der Waals surface area (Å²) in [5, 5.41) is 0. The molecule has 0 aromatic heterocycles. The molecule has 118 valence electrons. The maximum Gasteiger partial charge on any atom is 0.241 e. The lowest BCUT2D eigenvalue weighted by Crippen LogP contribution is -2.37. The van der Waals surface area contributed by atoms with Gasteiger partial charge in [0.25, 0.3) is 0 Å². The molecule has 1 aliphatic rings. The van der Waals surface area contributed by atoms with Gasteiger partial charge in [-0.05, 0) is 54.0 Å². The maximum absolute atomic E-state index is 12.3. The van der Waals surface area contributed by atoms with Gasteiger partial charge >= 0.3 is 0 Å². The summed E-state index contributed by atoms with van der Waals surface area (Å²) >= 11 is 6.62. The lowest BCUT2D eigenvalue weighted by molar-refractivity contribution is 0.250. The predicted octanol–water partition coefficient (Wildman–Crippen LogP) is 3.36. The molecule has 0 radical (unpaired) electrons. The lowest BCUT2D eigenvalue weighted by atomic mass is 10.2. The van der Waals surface area contributed by atoms with E-state index in [0.717, 1.165) is 11.0 Å². The zero-order valence-electron chi connectivity index (χ0n) is 12.0. The van der Waals surface area contributed by atoms with Crippen LogP contribution in [0.2, 0.25) is 0 Å². The van der Waals surface area contributed by atoms with E-state index < -0.39 is 10.0 Å². The van der Waals surface area contributed by atoms with Crippen molar-refractivity contribution in [1.29, 1.82) is 0 Å². The van der Waals surface area contributed by atoms with Crippen molar-refractivity contribution in [3.63, 3.8) is 0 Å². The topological polar surface area (TPSA) is 49.4 Å². The quantitative estimate of drug-likeness (QED) is 0.739. The van der Waals surface area contributed by atoms with Gasteiger partial charge in [-0.15, -0.1) is 0 Å². The first-order valence-electron chi connectivity index (χ1n) is 7.05. The van der Waals surface area contributed by atoms with Gasteiger partial charge in [-0.3, -0.25) is 0 Å². The summed E-state index contributed by atoms with van der Waals surface area (Å²) in [4.78, 5) is 2.53. The Morgan fingerprint density at radius 3 is 2.57 bits per heavy atom. The molecule has 0 aliphatic heterocycles. The molecular formula is C14H20Br2N2O2S. The number of nitrogens with one attached hydrogen (secondary N) is 1. The van der Waals surface area contributed by atoms with Gasteiger partial charge in [0.1, 0.15) is 0 Å². The van der Waals surface area contributed by atoms with Crippen LogP contribution in [-0.4, -0.2) is 39.5 Å². The van der Waals surface area contributed by atoms with Crippen LogP contribution in [0.4, 0.5) is 0 Å². The smallest absolute Gasteiger partial charge is 0.241 e. The second-order valence-corrected chi connectivity index (χ2v) is 8.90. The van der Waals surface area contributed by atoms with Crippen molar-refractivity contribution >= 4 is 41.9 Å². The summed E-state index contributed by atoms with van der Waals surface area (Å²) in [6.45, 7) is 1.16. The van der Waals surface area contributed by atoms with Crippen LogP contribution in [0.3, 0.4) is 0 Å². The fourth-order valence-electron chi connectivity index (χ4n) is 2.65. The Kier molecular flexibility index (Phi) is 6.25. The van der Waals surface area contributed by atoms with Crippen molar-refractivity contribution < 1.29 is 8.42 Å². The van der Waals surface area contributed by atoms with Crippen molar-refractivity contribution in [2.24, 2.45) is 0 Å². The van der Waals surface area contributed by atoms with E-state index in [2.05, 4.69) is 48.5 Å². The Hall–Kier alpha value is 0.0500. The number of hydrogen-bond donors (Lipinski definition) is 1. The van der Waals surface area contributed by atoms with E-state index in [0.29, 0.717) is 17.1 Å². The SMILES string of the molecule is CN(CCNS(=O)(=O)c1ccc(Br)cc1Br)C1CCCC1. The van der Waals surface area contributed by atoms with Crippen molar-refractivity contribution in [3.05, 3.63) is 27.1 Å². The monoisotopic (exact) mass is 438 g/mol. The number of halogens is 2. The molecule has 0 spiro atoms. The maximum atomic E-state index is 12.3. The molecule has 1 N–H and O–H groups in total. The minimum absolute atomic E-state index is 0.272. The van der Waals surface area contributed by atoms with Gasteiger partial charge in [-0.25, -0.2) is 13.1 Å². The van der Waals surface area contributed by atoms with E-state index in [1.807, 2.05) is 0 Å². The summed E-state index contributed by atoms with van der Waals surface area (Å²) in [6, 6.07) is 5.66. The minimum atomic E-state index is -3.47.